The minimum absolute atomic E-state index is 0.0437. The van der Waals surface area contributed by atoms with Crippen LogP contribution in [0.25, 0.3) is 0 Å². The Kier molecular flexibility index (Phi) is 4.84. The molecule has 21 heavy (non-hydrogen) atoms. The van der Waals surface area contributed by atoms with E-state index in [1.54, 1.807) is 18.2 Å². The Morgan fingerprint density at radius 1 is 1.57 bits per heavy atom. The molecular weight excluding hydrogens is 288 g/mol. The fourth-order valence-electron chi connectivity index (χ4n) is 2.37. The number of halogens is 1. The Bertz CT molecular complexity index is 580. The quantitative estimate of drug-likeness (QED) is 0.894. The van der Waals surface area contributed by atoms with Crippen LogP contribution < -0.4 is 10.6 Å². The lowest BCUT2D eigenvalue weighted by Crippen LogP contribution is -2.59. The minimum Gasteiger partial charge on any atom is -0.325 e. The number of amides is 1. The molecule has 1 aliphatic rings. The molecule has 1 amide bonds. The molecule has 1 aromatic rings. The van der Waals surface area contributed by atoms with Crippen molar-refractivity contribution in [3.8, 4) is 6.07 Å². The van der Waals surface area contributed by atoms with E-state index in [-0.39, 0.29) is 11.4 Å². The molecule has 1 aromatic carbocycles. The molecule has 0 bridgehead atoms. The predicted octanol–water partition coefficient (Wildman–Crippen LogP) is 1.83. The van der Waals surface area contributed by atoms with Gasteiger partial charge in [0.1, 0.15) is 6.07 Å². The van der Waals surface area contributed by atoms with Gasteiger partial charge in [-0.3, -0.25) is 9.69 Å². The van der Waals surface area contributed by atoms with Crippen LogP contribution in [0, 0.1) is 11.3 Å². The van der Waals surface area contributed by atoms with Crippen LogP contribution in [0.15, 0.2) is 18.2 Å². The second-order valence-electron chi connectivity index (χ2n) is 5.77. The summed E-state index contributed by atoms with van der Waals surface area (Å²) in [5.41, 5.74) is 0.965. The van der Waals surface area contributed by atoms with E-state index in [1.165, 1.54) is 0 Å². The van der Waals surface area contributed by atoms with Gasteiger partial charge in [-0.1, -0.05) is 11.6 Å². The van der Waals surface area contributed by atoms with Gasteiger partial charge in [0.2, 0.25) is 5.91 Å². The number of nitrogens with zero attached hydrogens (tertiary/aromatic N) is 2. The summed E-state index contributed by atoms with van der Waals surface area (Å²) in [5.74, 6) is -0.0780. The molecule has 112 valence electrons. The number of hydrogen-bond acceptors (Lipinski definition) is 4. The third kappa shape index (κ3) is 3.94. The van der Waals surface area contributed by atoms with E-state index in [0.717, 1.165) is 19.6 Å². The van der Waals surface area contributed by atoms with E-state index in [4.69, 9.17) is 16.9 Å². The van der Waals surface area contributed by atoms with Gasteiger partial charge in [0, 0.05) is 30.9 Å². The third-order valence-electron chi connectivity index (χ3n) is 3.68. The smallest absolute Gasteiger partial charge is 0.238 e. The summed E-state index contributed by atoms with van der Waals surface area (Å²) in [6, 6.07) is 6.88. The lowest BCUT2D eigenvalue weighted by molar-refractivity contribution is -0.119. The van der Waals surface area contributed by atoms with Crippen LogP contribution in [-0.4, -0.2) is 42.5 Å². The predicted molar refractivity (Wildman–Crippen MR) is 83.3 cm³/mol. The van der Waals surface area contributed by atoms with Crippen LogP contribution in [0.1, 0.15) is 19.4 Å². The fourth-order valence-corrected chi connectivity index (χ4v) is 2.60. The Hall–Kier alpha value is -1.61. The molecule has 0 atom stereocenters. The van der Waals surface area contributed by atoms with Crippen molar-refractivity contribution in [3.63, 3.8) is 0 Å². The summed E-state index contributed by atoms with van der Waals surface area (Å²) < 4.78 is 0. The van der Waals surface area contributed by atoms with Gasteiger partial charge in [-0.15, -0.1) is 0 Å². The summed E-state index contributed by atoms with van der Waals surface area (Å²) >= 11 is 5.96. The van der Waals surface area contributed by atoms with Gasteiger partial charge in [-0.2, -0.15) is 5.26 Å². The maximum Gasteiger partial charge on any atom is 0.238 e. The van der Waals surface area contributed by atoms with E-state index >= 15 is 0 Å². The molecule has 0 spiro atoms. The van der Waals surface area contributed by atoms with Crippen LogP contribution in [0.2, 0.25) is 5.02 Å². The monoisotopic (exact) mass is 306 g/mol. The first-order chi connectivity index (χ1) is 9.92. The van der Waals surface area contributed by atoms with Gasteiger partial charge in [-0.25, -0.2) is 0 Å². The summed E-state index contributed by atoms with van der Waals surface area (Å²) in [4.78, 5) is 14.3. The molecule has 1 heterocycles. The molecular formula is C15H19ClN4O. The highest BCUT2D eigenvalue weighted by Crippen LogP contribution is 2.21. The van der Waals surface area contributed by atoms with Crippen LogP contribution in [0.3, 0.4) is 0 Å². The van der Waals surface area contributed by atoms with E-state index < -0.39 is 0 Å². The van der Waals surface area contributed by atoms with E-state index in [2.05, 4.69) is 29.4 Å². The zero-order valence-electron chi connectivity index (χ0n) is 12.2. The fraction of sp³-hybridized carbons (Fsp3) is 0.467. The van der Waals surface area contributed by atoms with Gasteiger partial charge in [0.05, 0.1) is 17.1 Å². The molecule has 0 saturated carbocycles. The van der Waals surface area contributed by atoms with Crippen molar-refractivity contribution in [2.45, 2.75) is 19.4 Å². The Labute approximate surface area is 129 Å². The average molecular weight is 307 g/mol. The largest absolute Gasteiger partial charge is 0.325 e. The van der Waals surface area contributed by atoms with Gasteiger partial charge in [0.25, 0.3) is 0 Å². The Morgan fingerprint density at radius 3 is 2.95 bits per heavy atom. The molecule has 2 rings (SSSR count). The number of carbonyl (C=O) groups excluding carboxylic acids is 1. The highest BCUT2D eigenvalue weighted by molar-refractivity contribution is 6.32. The zero-order chi connectivity index (χ0) is 15.5. The molecule has 1 fully saturated rings. The molecule has 1 aliphatic heterocycles. The van der Waals surface area contributed by atoms with E-state index in [0.29, 0.717) is 22.8 Å². The number of rotatable bonds is 3. The van der Waals surface area contributed by atoms with Crippen LogP contribution in [-0.2, 0) is 4.79 Å². The zero-order valence-corrected chi connectivity index (χ0v) is 13.0. The Morgan fingerprint density at radius 2 is 2.33 bits per heavy atom. The standard InChI is InChI=1S/C15H19ClN4O/c1-15(2)10-18-5-6-20(15)9-14(21)19-12-4-3-11(8-17)13(16)7-12/h3-4,7,18H,5-6,9-10H2,1-2H3,(H,19,21). The molecule has 0 aliphatic carbocycles. The number of nitriles is 1. The van der Waals surface area contributed by atoms with Crippen molar-refractivity contribution >= 4 is 23.2 Å². The summed E-state index contributed by atoms with van der Waals surface area (Å²) in [7, 11) is 0. The highest BCUT2D eigenvalue weighted by atomic mass is 35.5. The lowest BCUT2D eigenvalue weighted by atomic mass is 10.0. The number of anilines is 1. The molecule has 1 saturated heterocycles. The van der Waals surface area contributed by atoms with Crippen molar-refractivity contribution in [3.05, 3.63) is 28.8 Å². The van der Waals surface area contributed by atoms with Crippen molar-refractivity contribution in [1.29, 1.82) is 5.26 Å². The van der Waals surface area contributed by atoms with Crippen LogP contribution in [0.4, 0.5) is 5.69 Å². The Balaban J connectivity index is 1.99. The number of carbonyl (C=O) groups is 1. The first-order valence-corrected chi connectivity index (χ1v) is 7.25. The van der Waals surface area contributed by atoms with Gasteiger partial charge >= 0.3 is 0 Å². The molecule has 0 radical (unpaired) electrons. The number of hydrogen-bond donors (Lipinski definition) is 2. The molecule has 0 unspecified atom stereocenters. The third-order valence-corrected chi connectivity index (χ3v) is 3.99. The van der Waals surface area contributed by atoms with Crippen LogP contribution >= 0.6 is 11.6 Å². The molecule has 0 aromatic heterocycles. The molecule has 5 nitrogen and oxygen atoms in total. The first-order valence-electron chi connectivity index (χ1n) is 6.88. The van der Waals surface area contributed by atoms with Gasteiger partial charge < -0.3 is 10.6 Å². The van der Waals surface area contributed by atoms with Crippen molar-refractivity contribution in [2.24, 2.45) is 0 Å². The van der Waals surface area contributed by atoms with Gasteiger partial charge in [0.15, 0.2) is 0 Å². The summed E-state index contributed by atoms with van der Waals surface area (Å²) in [6.45, 7) is 7.17. The normalized spacial score (nSPS) is 18.0. The summed E-state index contributed by atoms with van der Waals surface area (Å²) in [5, 5.41) is 15.3. The lowest BCUT2D eigenvalue weighted by Gasteiger charge is -2.42. The second kappa shape index (κ2) is 6.44. The number of nitrogens with one attached hydrogen (secondary N) is 2. The van der Waals surface area contributed by atoms with Gasteiger partial charge in [-0.05, 0) is 32.0 Å². The maximum atomic E-state index is 12.2. The molecule has 2 N–H and O–H groups in total. The first kappa shape index (κ1) is 15.8. The van der Waals surface area contributed by atoms with Crippen molar-refractivity contribution in [2.75, 3.05) is 31.5 Å². The topological polar surface area (TPSA) is 68.2 Å². The van der Waals surface area contributed by atoms with E-state index in [1.807, 2.05) is 6.07 Å². The highest BCUT2D eigenvalue weighted by Gasteiger charge is 2.30. The summed E-state index contributed by atoms with van der Waals surface area (Å²) in [6.07, 6.45) is 0. The molecule has 6 heteroatoms. The average Bonchev–Trinajstić information content (AvgIpc) is 2.41. The minimum atomic E-state index is -0.0780. The number of benzene rings is 1. The van der Waals surface area contributed by atoms with Crippen LogP contribution in [0.5, 0.6) is 0 Å². The SMILES string of the molecule is CC1(C)CNCCN1CC(=O)Nc1ccc(C#N)c(Cl)c1. The van der Waals surface area contributed by atoms with Crippen molar-refractivity contribution in [1.82, 2.24) is 10.2 Å². The van der Waals surface area contributed by atoms with Crippen molar-refractivity contribution < 1.29 is 4.79 Å². The van der Waals surface area contributed by atoms with E-state index in [9.17, 15) is 4.79 Å². The maximum absolute atomic E-state index is 12.2. The second-order valence-corrected chi connectivity index (χ2v) is 6.17. The number of piperazine rings is 1.